The second-order valence-electron chi connectivity index (χ2n) is 7.76. The number of nitrogens with one attached hydrogen (secondary N) is 1. The number of carbonyl (C=O) groups excluding carboxylic acids is 3. The van der Waals surface area contributed by atoms with Crippen molar-refractivity contribution < 1.29 is 19.1 Å². The molecule has 0 aliphatic carbocycles. The summed E-state index contributed by atoms with van der Waals surface area (Å²) < 4.78 is 6.01. The van der Waals surface area contributed by atoms with Crippen LogP contribution in [0.5, 0.6) is 5.75 Å². The lowest BCUT2D eigenvalue weighted by Crippen LogP contribution is -2.54. The number of rotatable bonds is 5. The minimum absolute atomic E-state index is 0.183. The van der Waals surface area contributed by atoms with Gasteiger partial charge in [-0.3, -0.25) is 14.9 Å². The lowest BCUT2D eigenvalue weighted by molar-refractivity contribution is -0.122. The van der Waals surface area contributed by atoms with E-state index in [1.807, 2.05) is 32.0 Å². The third kappa shape index (κ3) is 4.96. The second kappa shape index (κ2) is 9.30. The van der Waals surface area contributed by atoms with Crippen molar-refractivity contribution >= 4 is 41.2 Å². The fourth-order valence-corrected chi connectivity index (χ4v) is 3.89. The van der Waals surface area contributed by atoms with Gasteiger partial charge in [0.05, 0.1) is 5.69 Å². The average molecular weight is 461 g/mol. The number of ether oxygens (including phenoxy) is 1. The topological polar surface area (TPSA) is 75.7 Å². The van der Waals surface area contributed by atoms with Gasteiger partial charge in [-0.1, -0.05) is 65.2 Å². The molecule has 1 heterocycles. The third-order valence-electron chi connectivity index (χ3n) is 5.06. The van der Waals surface area contributed by atoms with Gasteiger partial charge in [0, 0.05) is 10.6 Å². The van der Waals surface area contributed by atoms with E-state index >= 15 is 0 Å². The molecule has 1 fully saturated rings. The maximum atomic E-state index is 13.1. The lowest BCUT2D eigenvalue weighted by atomic mass is 10.1. The molecule has 0 aromatic heterocycles. The number of hydrogen-bond donors (Lipinski definition) is 1. The molecule has 1 N–H and O–H groups in total. The van der Waals surface area contributed by atoms with Crippen LogP contribution in [0.1, 0.15) is 22.3 Å². The third-order valence-corrected chi connectivity index (χ3v) is 5.30. The summed E-state index contributed by atoms with van der Waals surface area (Å²) in [6.07, 6.45) is 1.43. The van der Waals surface area contributed by atoms with E-state index in [-0.39, 0.29) is 11.3 Å². The van der Waals surface area contributed by atoms with Crippen molar-refractivity contribution in [1.82, 2.24) is 5.32 Å². The number of hydrogen-bond acceptors (Lipinski definition) is 4. The summed E-state index contributed by atoms with van der Waals surface area (Å²) in [4.78, 5) is 38.9. The molecule has 166 valence electrons. The smallest absolute Gasteiger partial charge is 0.335 e. The van der Waals surface area contributed by atoms with Crippen molar-refractivity contribution in [2.75, 3.05) is 4.90 Å². The summed E-state index contributed by atoms with van der Waals surface area (Å²) >= 11 is 6.01. The Labute approximate surface area is 196 Å². The Morgan fingerprint density at radius 2 is 1.67 bits per heavy atom. The van der Waals surface area contributed by atoms with Gasteiger partial charge in [-0.05, 0) is 49.8 Å². The van der Waals surface area contributed by atoms with E-state index in [0.717, 1.165) is 21.6 Å². The van der Waals surface area contributed by atoms with Crippen LogP contribution in [0.3, 0.4) is 0 Å². The van der Waals surface area contributed by atoms with Crippen LogP contribution in [0.4, 0.5) is 10.5 Å². The standard InChI is InChI=1S/C26H21ClN2O4/c1-16-10-17(2)12-18(11-16)15-33-23-9-4-3-6-19(23)13-22-24(30)28-26(32)29(25(22)31)21-8-5-7-20(27)14-21/h3-14H,15H2,1-2H3,(H,28,30,32)/b22-13+. The molecule has 6 nitrogen and oxygen atoms in total. The summed E-state index contributed by atoms with van der Waals surface area (Å²) in [6, 6.07) is 18.7. The molecule has 0 saturated carbocycles. The zero-order valence-corrected chi connectivity index (χ0v) is 18.8. The minimum atomic E-state index is -0.830. The monoisotopic (exact) mass is 460 g/mol. The Bertz CT molecular complexity index is 1280. The highest BCUT2D eigenvalue weighted by Crippen LogP contribution is 2.27. The van der Waals surface area contributed by atoms with E-state index < -0.39 is 17.8 Å². The molecule has 4 amide bonds. The van der Waals surface area contributed by atoms with Crippen molar-refractivity contribution in [1.29, 1.82) is 0 Å². The number of carbonyl (C=O) groups is 3. The highest BCUT2D eigenvalue weighted by molar-refractivity contribution is 6.39. The number of halogens is 1. The predicted molar refractivity (Wildman–Crippen MR) is 127 cm³/mol. The molecule has 3 aromatic rings. The number of aryl methyl sites for hydroxylation is 2. The van der Waals surface area contributed by atoms with Gasteiger partial charge < -0.3 is 4.74 Å². The van der Waals surface area contributed by atoms with Crippen molar-refractivity contribution in [2.24, 2.45) is 0 Å². The van der Waals surface area contributed by atoms with Gasteiger partial charge >= 0.3 is 6.03 Å². The van der Waals surface area contributed by atoms with Crippen LogP contribution in [0.2, 0.25) is 5.02 Å². The first kappa shape index (κ1) is 22.3. The van der Waals surface area contributed by atoms with E-state index in [0.29, 0.717) is 22.9 Å². The van der Waals surface area contributed by atoms with Crippen LogP contribution in [-0.4, -0.2) is 17.8 Å². The molecule has 1 saturated heterocycles. The molecule has 1 aliphatic rings. The van der Waals surface area contributed by atoms with Crippen LogP contribution in [0.15, 0.2) is 72.3 Å². The summed E-state index contributed by atoms with van der Waals surface area (Å²) in [7, 11) is 0. The number of barbiturate groups is 1. The van der Waals surface area contributed by atoms with Crippen molar-refractivity contribution in [2.45, 2.75) is 20.5 Å². The van der Waals surface area contributed by atoms with Crippen molar-refractivity contribution in [3.05, 3.63) is 99.6 Å². The predicted octanol–water partition coefficient (Wildman–Crippen LogP) is 5.20. The van der Waals surface area contributed by atoms with Gasteiger partial charge in [-0.15, -0.1) is 0 Å². The largest absolute Gasteiger partial charge is 0.488 e. The molecule has 0 bridgehead atoms. The van der Waals surface area contributed by atoms with Gasteiger partial charge in [0.25, 0.3) is 11.8 Å². The van der Waals surface area contributed by atoms with Gasteiger partial charge in [0.1, 0.15) is 17.9 Å². The lowest BCUT2D eigenvalue weighted by Gasteiger charge is -2.26. The Morgan fingerprint density at radius 3 is 2.39 bits per heavy atom. The Balaban J connectivity index is 1.64. The van der Waals surface area contributed by atoms with Crippen LogP contribution >= 0.6 is 11.6 Å². The molecule has 0 radical (unpaired) electrons. The molecule has 0 unspecified atom stereocenters. The van der Waals surface area contributed by atoms with E-state index in [4.69, 9.17) is 16.3 Å². The first-order valence-corrected chi connectivity index (χ1v) is 10.7. The SMILES string of the molecule is Cc1cc(C)cc(COc2ccccc2/C=C2\C(=O)NC(=O)N(c3cccc(Cl)c3)C2=O)c1. The number of para-hydroxylation sites is 1. The minimum Gasteiger partial charge on any atom is -0.488 e. The zero-order chi connectivity index (χ0) is 23.5. The van der Waals surface area contributed by atoms with Crippen LogP contribution in [-0.2, 0) is 16.2 Å². The maximum Gasteiger partial charge on any atom is 0.335 e. The number of urea groups is 1. The molecule has 3 aromatic carbocycles. The zero-order valence-electron chi connectivity index (χ0n) is 18.1. The number of amides is 4. The van der Waals surface area contributed by atoms with Crippen LogP contribution in [0, 0.1) is 13.8 Å². The molecule has 7 heteroatoms. The first-order valence-electron chi connectivity index (χ1n) is 10.3. The Morgan fingerprint density at radius 1 is 0.939 bits per heavy atom. The van der Waals surface area contributed by atoms with Gasteiger partial charge in [-0.2, -0.15) is 0 Å². The van der Waals surface area contributed by atoms with Gasteiger partial charge in [0.2, 0.25) is 0 Å². The Kier molecular flexibility index (Phi) is 6.29. The van der Waals surface area contributed by atoms with E-state index in [1.165, 1.54) is 12.1 Å². The second-order valence-corrected chi connectivity index (χ2v) is 8.20. The molecular formula is C26H21ClN2O4. The average Bonchev–Trinajstić information content (AvgIpc) is 2.75. The van der Waals surface area contributed by atoms with E-state index in [1.54, 1.807) is 36.4 Å². The summed E-state index contributed by atoms with van der Waals surface area (Å²) in [5, 5.41) is 2.57. The van der Waals surface area contributed by atoms with Crippen molar-refractivity contribution in [3.8, 4) is 5.75 Å². The molecule has 4 rings (SSSR count). The number of benzene rings is 3. The normalized spacial score (nSPS) is 15.1. The Hall–Kier alpha value is -3.90. The first-order chi connectivity index (χ1) is 15.8. The highest BCUT2D eigenvalue weighted by Gasteiger charge is 2.37. The highest BCUT2D eigenvalue weighted by atomic mass is 35.5. The van der Waals surface area contributed by atoms with Crippen LogP contribution < -0.4 is 15.0 Å². The number of imide groups is 2. The molecule has 1 aliphatic heterocycles. The summed E-state index contributed by atoms with van der Waals surface area (Å²) in [6.45, 7) is 4.38. The summed E-state index contributed by atoms with van der Waals surface area (Å²) in [5.41, 5.74) is 3.92. The molecule has 0 spiro atoms. The van der Waals surface area contributed by atoms with Gasteiger partial charge in [-0.25, -0.2) is 9.69 Å². The quantitative estimate of drug-likeness (QED) is 0.419. The van der Waals surface area contributed by atoms with E-state index in [9.17, 15) is 14.4 Å². The van der Waals surface area contributed by atoms with E-state index in [2.05, 4.69) is 11.4 Å². The fraction of sp³-hybridized carbons (Fsp3) is 0.115. The summed E-state index contributed by atoms with van der Waals surface area (Å²) in [5.74, 6) is -1.00. The fourth-order valence-electron chi connectivity index (χ4n) is 3.71. The number of nitrogens with zero attached hydrogens (tertiary/aromatic N) is 1. The van der Waals surface area contributed by atoms with Gasteiger partial charge in [0.15, 0.2) is 0 Å². The van der Waals surface area contributed by atoms with Crippen molar-refractivity contribution in [3.63, 3.8) is 0 Å². The molecular weight excluding hydrogens is 440 g/mol. The number of anilines is 1. The van der Waals surface area contributed by atoms with Crippen LogP contribution in [0.25, 0.3) is 6.08 Å². The molecule has 33 heavy (non-hydrogen) atoms. The maximum absolute atomic E-state index is 13.1. The molecule has 0 atom stereocenters.